The third-order valence-electron chi connectivity index (χ3n) is 3.23. The Kier molecular flexibility index (Phi) is 6.61. The SMILES string of the molecule is CCOC(=O)CN(C(=O)c1cc(Cl)nc(Cl)c1)c1ccc(OC)cc1. The number of pyridine rings is 1. The highest BCUT2D eigenvalue weighted by Crippen LogP contribution is 2.23. The highest BCUT2D eigenvalue weighted by atomic mass is 35.5. The van der Waals surface area contributed by atoms with Gasteiger partial charge in [0, 0.05) is 11.3 Å². The zero-order valence-corrected chi connectivity index (χ0v) is 15.2. The average molecular weight is 383 g/mol. The topological polar surface area (TPSA) is 68.7 Å². The molecule has 0 aliphatic heterocycles. The number of rotatable bonds is 6. The predicted octanol–water partition coefficient (Wildman–Crippen LogP) is 3.61. The van der Waals surface area contributed by atoms with Gasteiger partial charge in [0.1, 0.15) is 22.6 Å². The summed E-state index contributed by atoms with van der Waals surface area (Å²) in [5.74, 6) is -0.357. The summed E-state index contributed by atoms with van der Waals surface area (Å²) in [6.07, 6.45) is 0. The van der Waals surface area contributed by atoms with Crippen LogP contribution in [0.25, 0.3) is 0 Å². The Bertz CT molecular complexity index is 745. The van der Waals surface area contributed by atoms with Gasteiger partial charge in [-0.2, -0.15) is 0 Å². The zero-order chi connectivity index (χ0) is 18.4. The Labute approximate surface area is 155 Å². The Balaban J connectivity index is 2.38. The van der Waals surface area contributed by atoms with E-state index in [2.05, 4.69) is 4.98 Å². The molecule has 8 heteroatoms. The van der Waals surface area contributed by atoms with Crippen molar-refractivity contribution in [2.24, 2.45) is 0 Å². The second-order valence-electron chi connectivity index (χ2n) is 4.90. The molecule has 0 unspecified atom stereocenters. The summed E-state index contributed by atoms with van der Waals surface area (Å²) in [6.45, 7) is 1.66. The number of ether oxygens (including phenoxy) is 2. The van der Waals surface area contributed by atoms with Crippen molar-refractivity contribution in [3.8, 4) is 5.75 Å². The van der Waals surface area contributed by atoms with Crippen LogP contribution in [0.2, 0.25) is 10.3 Å². The van der Waals surface area contributed by atoms with Crippen molar-refractivity contribution < 1.29 is 19.1 Å². The fourth-order valence-corrected chi connectivity index (χ4v) is 2.58. The maximum Gasteiger partial charge on any atom is 0.326 e. The zero-order valence-electron chi connectivity index (χ0n) is 13.7. The van der Waals surface area contributed by atoms with Crippen LogP contribution < -0.4 is 9.64 Å². The summed E-state index contributed by atoms with van der Waals surface area (Å²) in [5, 5.41) is 0.170. The standard InChI is InChI=1S/C17H16Cl2N2O4/c1-3-25-16(22)10-21(12-4-6-13(24-2)7-5-12)17(23)11-8-14(18)20-15(19)9-11/h4-9H,3,10H2,1-2H3. The maximum absolute atomic E-state index is 12.9. The Morgan fingerprint density at radius 1 is 1.12 bits per heavy atom. The first kappa shape index (κ1) is 19.0. The lowest BCUT2D eigenvalue weighted by molar-refractivity contribution is -0.141. The van der Waals surface area contributed by atoms with Gasteiger partial charge >= 0.3 is 5.97 Å². The van der Waals surface area contributed by atoms with Crippen molar-refractivity contribution in [2.45, 2.75) is 6.92 Å². The highest BCUT2D eigenvalue weighted by molar-refractivity contribution is 6.33. The molecule has 1 aromatic carbocycles. The quantitative estimate of drug-likeness (QED) is 0.563. The van der Waals surface area contributed by atoms with Crippen LogP contribution in [-0.4, -0.2) is 37.1 Å². The molecule has 1 heterocycles. The molecule has 0 bridgehead atoms. The first-order valence-corrected chi connectivity index (χ1v) is 8.14. The number of carbonyl (C=O) groups excluding carboxylic acids is 2. The Morgan fingerprint density at radius 3 is 2.24 bits per heavy atom. The van der Waals surface area contributed by atoms with Crippen molar-refractivity contribution in [3.05, 3.63) is 52.3 Å². The minimum atomic E-state index is -0.530. The molecule has 0 atom stereocenters. The molecule has 6 nitrogen and oxygen atoms in total. The second-order valence-corrected chi connectivity index (χ2v) is 5.67. The molecule has 0 saturated heterocycles. The van der Waals surface area contributed by atoms with E-state index in [4.69, 9.17) is 32.7 Å². The Hall–Kier alpha value is -2.31. The molecule has 1 aromatic heterocycles. The number of hydrogen-bond donors (Lipinski definition) is 0. The lowest BCUT2D eigenvalue weighted by Crippen LogP contribution is -2.36. The lowest BCUT2D eigenvalue weighted by Gasteiger charge is -2.22. The van der Waals surface area contributed by atoms with E-state index in [-0.39, 0.29) is 29.0 Å². The number of carbonyl (C=O) groups is 2. The summed E-state index contributed by atoms with van der Waals surface area (Å²) in [4.78, 5) is 29.9. The predicted molar refractivity (Wildman–Crippen MR) is 95.6 cm³/mol. The fourth-order valence-electron chi connectivity index (χ4n) is 2.12. The van der Waals surface area contributed by atoms with E-state index in [1.54, 1.807) is 31.2 Å². The van der Waals surface area contributed by atoms with Gasteiger partial charge in [0.15, 0.2) is 0 Å². The van der Waals surface area contributed by atoms with Crippen LogP contribution in [0.5, 0.6) is 5.75 Å². The van der Waals surface area contributed by atoms with Gasteiger partial charge in [-0.1, -0.05) is 23.2 Å². The van der Waals surface area contributed by atoms with E-state index in [1.165, 1.54) is 24.1 Å². The molecule has 2 aromatic rings. The molecule has 1 amide bonds. The average Bonchev–Trinajstić information content (AvgIpc) is 2.58. The van der Waals surface area contributed by atoms with Gasteiger partial charge in [-0.3, -0.25) is 14.5 Å². The minimum Gasteiger partial charge on any atom is -0.497 e. The third kappa shape index (κ3) is 5.08. The number of nitrogens with zero attached hydrogens (tertiary/aromatic N) is 2. The molecule has 2 rings (SSSR count). The molecular formula is C17H16Cl2N2O4. The van der Waals surface area contributed by atoms with Crippen molar-refractivity contribution in [1.82, 2.24) is 4.98 Å². The number of hydrogen-bond acceptors (Lipinski definition) is 5. The summed E-state index contributed by atoms with van der Waals surface area (Å²) >= 11 is 11.7. The number of esters is 1. The number of methoxy groups -OCH3 is 1. The van der Waals surface area contributed by atoms with Gasteiger partial charge in [0.2, 0.25) is 0 Å². The molecule has 0 aliphatic carbocycles. The number of aromatic nitrogens is 1. The number of amides is 1. The third-order valence-corrected chi connectivity index (χ3v) is 3.62. The van der Waals surface area contributed by atoms with Gasteiger partial charge in [-0.15, -0.1) is 0 Å². The first-order chi connectivity index (χ1) is 11.9. The van der Waals surface area contributed by atoms with E-state index in [0.717, 1.165) is 0 Å². The summed E-state index contributed by atoms with van der Waals surface area (Å²) < 4.78 is 10.1. The molecule has 0 aliphatic rings. The van der Waals surface area contributed by atoms with Crippen LogP contribution >= 0.6 is 23.2 Å². The summed E-state index contributed by atoms with van der Waals surface area (Å²) in [5.41, 5.74) is 0.716. The minimum absolute atomic E-state index is 0.0849. The largest absolute Gasteiger partial charge is 0.497 e. The summed E-state index contributed by atoms with van der Waals surface area (Å²) in [7, 11) is 1.54. The van der Waals surface area contributed by atoms with Gasteiger partial charge in [0.25, 0.3) is 5.91 Å². The van der Waals surface area contributed by atoms with E-state index in [0.29, 0.717) is 11.4 Å². The normalized spacial score (nSPS) is 10.2. The van der Waals surface area contributed by atoms with Crippen molar-refractivity contribution in [3.63, 3.8) is 0 Å². The molecule has 0 radical (unpaired) electrons. The molecule has 0 N–H and O–H groups in total. The highest BCUT2D eigenvalue weighted by Gasteiger charge is 2.22. The van der Waals surface area contributed by atoms with Gasteiger partial charge in [0.05, 0.1) is 13.7 Å². The van der Waals surface area contributed by atoms with Crippen LogP contribution in [0.4, 0.5) is 5.69 Å². The van der Waals surface area contributed by atoms with Crippen molar-refractivity contribution in [1.29, 1.82) is 0 Å². The number of anilines is 1. The van der Waals surface area contributed by atoms with Crippen LogP contribution in [0.1, 0.15) is 17.3 Å². The van der Waals surface area contributed by atoms with E-state index >= 15 is 0 Å². The smallest absolute Gasteiger partial charge is 0.326 e. The molecule has 0 spiro atoms. The molecule has 0 fully saturated rings. The molecule has 132 valence electrons. The van der Waals surface area contributed by atoms with E-state index < -0.39 is 11.9 Å². The molecule has 25 heavy (non-hydrogen) atoms. The maximum atomic E-state index is 12.9. The van der Waals surface area contributed by atoms with Crippen molar-refractivity contribution in [2.75, 3.05) is 25.2 Å². The lowest BCUT2D eigenvalue weighted by atomic mass is 10.2. The monoisotopic (exact) mass is 382 g/mol. The first-order valence-electron chi connectivity index (χ1n) is 7.39. The van der Waals surface area contributed by atoms with Crippen molar-refractivity contribution >= 4 is 40.8 Å². The van der Waals surface area contributed by atoms with Crippen LogP contribution in [0.15, 0.2) is 36.4 Å². The van der Waals surface area contributed by atoms with Gasteiger partial charge in [-0.05, 0) is 43.3 Å². The van der Waals surface area contributed by atoms with Crippen LogP contribution in [0, 0.1) is 0 Å². The number of benzene rings is 1. The second kappa shape index (κ2) is 8.69. The molecule has 0 saturated carbocycles. The molecular weight excluding hydrogens is 367 g/mol. The van der Waals surface area contributed by atoms with Crippen LogP contribution in [-0.2, 0) is 9.53 Å². The van der Waals surface area contributed by atoms with Crippen LogP contribution in [0.3, 0.4) is 0 Å². The van der Waals surface area contributed by atoms with Gasteiger partial charge < -0.3 is 9.47 Å². The number of halogens is 2. The Morgan fingerprint density at radius 2 is 1.72 bits per heavy atom. The van der Waals surface area contributed by atoms with E-state index in [1.807, 2.05) is 0 Å². The fraction of sp³-hybridized carbons (Fsp3) is 0.235. The van der Waals surface area contributed by atoms with Gasteiger partial charge in [-0.25, -0.2) is 4.98 Å². The van der Waals surface area contributed by atoms with E-state index in [9.17, 15) is 9.59 Å². The summed E-state index contributed by atoms with van der Waals surface area (Å²) in [6, 6.07) is 9.48.